The molecule has 2 aromatic rings. The Balaban J connectivity index is 2.18. The van der Waals surface area contributed by atoms with Crippen molar-refractivity contribution in [1.29, 1.82) is 0 Å². The minimum atomic E-state index is -4.49. The number of nitrogens with zero attached hydrogens (tertiary/aromatic N) is 2. The van der Waals surface area contributed by atoms with Gasteiger partial charge in [0.1, 0.15) is 11.6 Å². The second-order valence-corrected chi connectivity index (χ2v) is 3.70. The molecule has 0 fully saturated rings. The number of aromatic nitrogens is 2. The molecule has 0 radical (unpaired) electrons. The lowest BCUT2D eigenvalue weighted by molar-refractivity contribution is -0.137. The number of anilines is 1. The quantitative estimate of drug-likeness (QED) is 0.911. The van der Waals surface area contributed by atoms with Crippen molar-refractivity contribution in [3.05, 3.63) is 41.4 Å². The van der Waals surface area contributed by atoms with Gasteiger partial charge >= 0.3 is 6.18 Å². The summed E-state index contributed by atoms with van der Waals surface area (Å²) in [5.41, 5.74) is -0.925. The highest BCUT2D eigenvalue weighted by Crippen LogP contribution is 2.29. The number of aryl methyl sites for hydroxylation is 1. The monoisotopic (exact) mass is 271 g/mol. The molecule has 0 saturated heterocycles. The van der Waals surface area contributed by atoms with Crippen LogP contribution in [0.3, 0.4) is 0 Å². The van der Waals surface area contributed by atoms with Gasteiger partial charge in [-0.1, -0.05) is 5.16 Å². The number of hydrogen-bond acceptors (Lipinski definition) is 4. The summed E-state index contributed by atoms with van der Waals surface area (Å²) in [5, 5.41) is 5.66. The Morgan fingerprint density at radius 1 is 1.37 bits per heavy atom. The van der Waals surface area contributed by atoms with Crippen LogP contribution in [-0.4, -0.2) is 16.0 Å². The molecule has 0 saturated carbocycles. The third-order valence-corrected chi connectivity index (χ3v) is 2.19. The summed E-state index contributed by atoms with van der Waals surface area (Å²) < 4.78 is 42.1. The molecule has 1 amide bonds. The second-order valence-electron chi connectivity index (χ2n) is 3.70. The second kappa shape index (κ2) is 4.71. The van der Waals surface area contributed by atoms with Crippen LogP contribution >= 0.6 is 0 Å². The third-order valence-electron chi connectivity index (χ3n) is 2.19. The highest BCUT2D eigenvalue weighted by Gasteiger charge is 2.30. The number of halogens is 3. The average Bonchev–Trinajstić information content (AvgIpc) is 2.75. The SMILES string of the molecule is Cc1cc(C(=O)Nc2cc(C(F)(F)F)ccn2)no1. The first-order valence-corrected chi connectivity index (χ1v) is 5.14. The van der Waals surface area contributed by atoms with E-state index in [9.17, 15) is 18.0 Å². The number of hydrogen-bond donors (Lipinski definition) is 1. The molecule has 0 spiro atoms. The third kappa shape index (κ3) is 3.09. The summed E-state index contributed by atoms with van der Waals surface area (Å²) in [6.45, 7) is 1.59. The first-order chi connectivity index (χ1) is 8.86. The van der Waals surface area contributed by atoms with Crippen molar-refractivity contribution in [2.75, 3.05) is 5.32 Å². The largest absolute Gasteiger partial charge is 0.416 e. The van der Waals surface area contributed by atoms with Gasteiger partial charge in [0, 0.05) is 12.3 Å². The van der Waals surface area contributed by atoms with Gasteiger partial charge in [-0.2, -0.15) is 13.2 Å². The van der Waals surface area contributed by atoms with Crippen molar-refractivity contribution in [2.24, 2.45) is 0 Å². The number of rotatable bonds is 2. The fraction of sp³-hybridized carbons (Fsp3) is 0.182. The van der Waals surface area contributed by atoms with E-state index in [4.69, 9.17) is 4.52 Å². The Labute approximate surface area is 105 Å². The first kappa shape index (κ1) is 13.1. The van der Waals surface area contributed by atoms with Gasteiger partial charge in [-0.05, 0) is 19.1 Å². The van der Waals surface area contributed by atoms with Crippen molar-refractivity contribution in [3.8, 4) is 0 Å². The van der Waals surface area contributed by atoms with Crippen LogP contribution in [0, 0.1) is 6.92 Å². The smallest absolute Gasteiger partial charge is 0.361 e. The van der Waals surface area contributed by atoms with Crippen LogP contribution in [0.25, 0.3) is 0 Å². The normalized spacial score (nSPS) is 11.4. The number of carbonyl (C=O) groups is 1. The van der Waals surface area contributed by atoms with E-state index in [-0.39, 0.29) is 11.5 Å². The maximum absolute atomic E-state index is 12.5. The van der Waals surface area contributed by atoms with Crippen molar-refractivity contribution in [3.63, 3.8) is 0 Å². The summed E-state index contributed by atoms with van der Waals surface area (Å²) in [6, 6.07) is 2.92. The van der Waals surface area contributed by atoms with E-state index in [1.165, 1.54) is 6.07 Å². The fourth-order valence-electron chi connectivity index (χ4n) is 1.33. The highest BCUT2D eigenvalue weighted by molar-refractivity contribution is 6.02. The average molecular weight is 271 g/mol. The molecule has 0 aliphatic rings. The lowest BCUT2D eigenvalue weighted by Crippen LogP contribution is -2.14. The number of amides is 1. The van der Waals surface area contributed by atoms with Gasteiger partial charge in [0.2, 0.25) is 0 Å². The lowest BCUT2D eigenvalue weighted by Gasteiger charge is -2.08. The van der Waals surface area contributed by atoms with Crippen molar-refractivity contribution < 1.29 is 22.5 Å². The Bertz CT molecular complexity index is 607. The molecule has 100 valence electrons. The molecule has 2 heterocycles. The van der Waals surface area contributed by atoms with Gasteiger partial charge in [-0.3, -0.25) is 4.79 Å². The molecule has 2 aromatic heterocycles. The maximum atomic E-state index is 12.5. The first-order valence-electron chi connectivity index (χ1n) is 5.14. The molecule has 0 atom stereocenters. The lowest BCUT2D eigenvalue weighted by atomic mass is 10.2. The Morgan fingerprint density at radius 2 is 2.11 bits per heavy atom. The molecule has 0 aromatic carbocycles. The fourth-order valence-corrected chi connectivity index (χ4v) is 1.33. The molecular weight excluding hydrogens is 263 g/mol. The Morgan fingerprint density at radius 3 is 2.68 bits per heavy atom. The summed E-state index contributed by atoms with van der Waals surface area (Å²) in [7, 11) is 0. The van der Waals surface area contributed by atoms with E-state index in [1.54, 1.807) is 6.92 Å². The van der Waals surface area contributed by atoms with Gasteiger partial charge in [0.05, 0.1) is 5.56 Å². The highest BCUT2D eigenvalue weighted by atomic mass is 19.4. The number of pyridine rings is 1. The van der Waals surface area contributed by atoms with Gasteiger partial charge < -0.3 is 9.84 Å². The predicted molar refractivity (Wildman–Crippen MR) is 58.4 cm³/mol. The summed E-state index contributed by atoms with van der Waals surface area (Å²) in [6.07, 6.45) is -3.53. The molecule has 8 heteroatoms. The number of carbonyl (C=O) groups excluding carboxylic acids is 1. The van der Waals surface area contributed by atoms with Gasteiger partial charge in [-0.15, -0.1) is 0 Å². The number of nitrogens with one attached hydrogen (secondary N) is 1. The molecule has 19 heavy (non-hydrogen) atoms. The van der Waals surface area contributed by atoms with E-state index >= 15 is 0 Å². The standard InChI is InChI=1S/C11H8F3N3O2/c1-6-4-8(17-19-6)10(18)16-9-5-7(2-3-15-9)11(12,13)14/h2-5H,1H3,(H,15,16,18). The molecular formula is C11H8F3N3O2. The minimum Gasteiger partial charge on any atom is -0.361 e. The van der Waals surface area contributed by atoms with Crippen LogP contribution in [0.2, 0.25) is 0 Å². The summed E-state index contributed by atoms with van der Waals surface area (Å²) in [5.74, 6) is -0.480. The van der Waals surface area contributed by atoms with E-state index < -0.39 is 17.6 Å². The van der Waals surface area contributed by atoms with Crippen LogP contribution < -0.4 is 5.32 Å². The zero-order valence-electron chi connectivity index (χ0n) is 9.65. The van der Waals surface area contributed by atoms with Crippen LogP contribution in [0.1, 0.15) is 21.8 Å². The van der Waals surface area contributed by atoms with Gasteiger partial charge in [0.25, 0.3) is 5.91 Å². The van der Waals surface area contributed by atoms with E-state index in [2.05, 4.69) is 15.5 Å². The van der Waals surface area contributed by atoms with Crippen molar-refractivity contribution in [2.45, 2.75) is 13.1 Å². The van der Waals surface area contributed by atoms with Crippen molar-refractivity contribution in [1.82, 2.24) is 10.1 Å². The summed E-state index contributed by atoms with van der Waals surface area (Å²) >= 11 is 0. The van der Waals surface area contributed by atoms with Crippen molar-refractivity contribution >= 4 is 11.7 Å². The molecule has 0 bridgehead atoms. The minimum absolute atomic E-state index is 0.0308. The Kier molecular flexibility index (Phi) is 3.24. The van der Waals surface area contributed by atoms with Gasteiger partial charge in [-0.25, -0.2) is 4.98 Å². The molecule has 1 N–H and O–H groups in total. The predicted octanol–water partition coefficient (Wildman–Crippen LogP) is 2.65. The van der Waals surface area contributed by atoms with E-state index in [0.717, 1.165) is 18.3 Å². The molecule has 0 aliphatic carbocycles. The van der Waals surface area contributed by atoms with Crippen LogP contribution in [0.5, 0.6) is 0 Å². The zero-order valence-corrected chi connectivity index (χ0v) is 9.65. The topological polar surface area (TPSA) is 68.0 Å². The molecule has 0 unspecified atom stereocenters. The molecule has 5 nitrogen and oxygen atoms in total. The van der Waals surface area contributed by atoms with Crippen LogP contribution in [0.15, 0.2) is 28.9 Å². The van der Waals surface area contributed by atoms with E-state index in [1.807, 2.05) is 0 Å². The molecule has 0 aliphatic heterocycles. The zero-order chi connectivity index (χ0) is 14.0. The molecule has 2 rings (SSSR count). The van der Waals surface area contributed by atoms with Gasteiger partial charge in [0.15, 0.2) is 5.69 Å². The van der Waals surface area contributed by atoms with Crippen LogP contribution in [-0.2, 0) is 6.18 Å². The van der Waals surface area contributed by atoms with Crippen LogP contribution in [0.4, 0.5) is 19.0 Å². The van der Waals surface area contributed by atoms with E-state index in [0.29, 0.717) is 5.76 Å². The maximum Gasteiger partial charge on any atom is 0.416 e. The number of alkyl halides is 3. The summed E-state index contributed by atoms with van der Waals surface area (Å²) in [4.78, 5) is 15.3. The Hall–Kier alpha value is -2.38.